The van der Waals surface area contributed by atoms with Crippen LogP contribution in [0.1, 0.15) is 18.5 Å². The van der Waals surface area contributed by atoms with E-state index in [4.69, 9.17) is 0 Å². The Morgan fingerprint density at radius 3 is 2.68 bits per heavy atom. The molecule has 2 aromatic rings. The molecule has 1 aliphatic rings. The third-order valence-corrected chi connectivity index (χ3v) is 3.60. The van der Waals surface area contributed by atoms with Crippen LogP contribution in [0.25, 0.3) is 0 Å². The number of aromatic nitrogens is 2. The summed E-state index contributed by atoms with van der Waals surface area (Å²) in [6.07, 6.45) is 5.80. The van der Waals surface area contributed by atoms with Crippen LogP contribution in [0.3, 0.4) is 0 Å². The number of carbonyl (C=O) groups is 1. The lowest BCUT2D eigenvalue weighted by atomic mass is 10.3. The molecule has 2 N–H and O–H groups in total. The van der Waals surface area contributed by atoms with E-state index in [-0.39, 0.29) is 6.03 Å². The number of hydrogen-bond donors (Lipinski definition) is 2. The van der Waals surface area contributed by atoms with Crippen LogP contribution in [-0.4, -0.2) is 29.1 Å². The van der Waals surface area contributed by atoms with E-state index in [9.17, 15) is 4.79 Å². The fourth-order valence-corrected chi connectivity index (χ4v) is 2.52. The summed E-state index contributed by atoms with van der Waals surface area (Å²) in [6.45, 7) is 2.37. The summed E-state index contributed by atoms with van der Waals surface area (Å²) in [4.78, 5) is 22.8. The molecule has 1 fully saturated rings. The van der Waals surface area contributed by atoms with E-state index < -0.39 is 0 Å². The number of carbonyl (C=O) groups excluding carboxylic acids is 1. The monoisotopic (exact) mass is 297 g/mol. The Labute approximate surface area is 129 Å². The Bertz CT molecular complexity index is 625. The summed E-state index contributed by atoms with van der Waals surface area (Å²) in [5.74, 6) is 0.841. The molecule has 3 heterocycles. The quantitative estimate of drug-likeness (QED) is 0.909. The lowest BCUT2D eigenvalue weighted by Crippen LogP contribution is -2.30. The maximum Gasteiger partial charge on any atom is 0.319 e. The van der Waals surface area contributed by atoms with Gasteiger partial charge in [-0.3, -0.25) is 4.98 Å². The second kappa shape index (κ2) is 6.89. The first-order chi connectivity index (χ1) is 10.8. The van der Waals surface area contributed by atoms with E-state index in [0.29, 0.717) is 6.54 Å². The van der Waals surface area contributed by atoms with Crippen molar-refractivity contribution in [3.8, 4) is 0 Å². The van der Waals surface area contributed by atoms with Crippen molar-refractivity contribution in [3.63, 3.8) is 0 Å². The minimum absolute atomic E-state index is 0.251. The van der Waals surface area contributed by atoms with Crippen LogP contribution in [-0.2, 0) is 6.54 Å². The molecule has 2 aromatic heterocycles. The van der Waals surface area contributed by atoms with Gasteiger partial charge in [-0.05, 0) is 37.1 Å². The molecule has 0 radical (unpaired) electrons. The van der Waals surface area contributed by atoms with Crippen LogP contribution in [0.5, 0.6) is 0 Å². The molecule has 0 saturated carbocycles. The first-order valence-corrected chi connectivity index (χ1v) is 7.47. The Balaban J connectivity index is 1.61. The first kappa shape index (κ1) is 14.3. The van der Waals surface area contributed by atoms with Gasteiger partial charge < -0.3 is 15.5 Å². The minimum atomic E-state index is -0.251. The second-order valence-corrected chi connectivity index (χ2v) is 5.20. The molecule has 0 aromatic carbocycles. The van der Waals surface area contributed by atoms with Crippen molar-refractivity contribution in [1.82, 2.24) is 15.3 Å². The van der Waals surface area contributed by atoms with Gasteiger partial charge in [-0.2, -0.15) is 0 Å². The van der Waals surface area contributed by atoms with E-state index in [1.807, 2.05) is 30.3 Å². The summed E-state index contributed by atoms with van der Waals surface area (Å²) < 4.78 is 0. The Morgan fingerprint density at radius 1 is 1.09 bits per heavy atom. The summed E-state index contributed by atoms with van der Waals surface area (Å²) in [5.41, 5.74) is 1.56. The van der Waals surface area contributed by atoms with Gasteiger partial charge in [0.15, 0.2) is 5.82 Å². The van der Waals surface area contributed by atoms with Gasteiger partial charge >= 0.3 is 6.03 Å². The SMILES string of the molecule is O=C(NCc1ccccn1)Nc1cccnc1N1CCCC1. The highest BCUT2D eigenvalue weighted by molar-refractivity contribution is 5.92. The lowest BCUT2D eigenvalue weighted by molar-refractivity contribution is 0.251. The second-order valence-electron chi connectivity index (χ2n) is 5.20. The van der Waals surface area contributed by atoms with Crippen molar-refractivity contribution < 1.29 is 4.79 Å². The van der Waals surface area contributed by atoms with E-state index in [1.54, 1.807) is 12.4 Å². The number of anilines is 2. The molecule has 1 aliphatic heterocycles. The molecular formula is C16H19N5O. The van der Waals surface area contributed by atoms with Gasteiger partial charge in [0.25, 0.3) is 0 Å². The highest BCUT2D eigenvalue weighted by Crippen LogP contribution is 2.25. The molecular weight excluding hydrogens is 278 g/mol. The highest BCUT2D eigenvalue weighted by atomic mass is 16.2. The predicted molar refractivity (Wildman–Crippen MR) is 85.8 cm³/mol. The Morgan fingerprint density at radius 2 is 1.91 bits per heavy atom. The molecule has 0 unspecified atom stereocenters. The number of nitrogens with zero attached hydrogens (tertiary/aromatic N) is 3. The number of nitrogens with one attached hydrogen (secondary N) is 2. The lowest BCUT2D eigenvalue weighted by Gasteiger charge is -2.20. The number of amides is 2. The van der Waals surface area contributed by atoms with Gasteiger partial charge in [-0.25, -0.2) is 9.78 Å². The fourth-order valence-electron chi connectivity index (χ4n) is 2.52. The van der Waals surface area contributed by atoms with Gasteiger partial charge in [-0.15, -0.1) is 0 Å². The van der Waals surface area contributed by atoms with Crippen LogP contribution in [0.15, 0.2) is 42.7 Å². The van der Waals surface area contributed by atoms with Crippen molar-refractivity contribution in [2.45, 2.75) is 19.4 Å². The molecule has 22 heavy (non-hydrogen) atoms. The van der Waals surface area contributed by atoms with Crippen molar-refractivity contribution in [3.05, 3.63) is 48.4 Å². The molecule has 2 amide bonds. The fraction of sp³-hybridized carbons (Fsp3) is 0.312. The van der Waals surface area contributed by atoms with Crippen molar-refractivity contribution >= 4 is 17.5 Å². The number of urea groups is 1. The highest BCUT2D eigenvalue weighted by Gasteiger charge is 2.17. The molecule has 0 spiro atoms. The third-order valence-electron chi connectivity index (χ3n) is 3.60. The van der Waals surface area contributed by atoms with E-state index >= 15 is 0 Å². The van der Waals surface area contributed by atoms with E-state index in [2.05, 4.69) is 25.5 Å². The molecule has 3 rings (SSSR count). The molecule has 0 bridgehead atoms. The zero-order valence-corrected chi connectivity index (χ0v) is 12.3. The molecule has 6 heteroatoms. The third kappa shape index (κ3) is 3.52. The van der Waals surface area contributed by atoms with Gasteiger partial charge in [0.1, 0.15) is 0 Å². The Hall–Kier alpha value is -2.63. The van der Waals surface area contributed by atoms with Gasteiger partial charge in [0.2, 0.25) is 0 Å². The standard InChI is InChI=1S/C16H19N5O/c22-16(19-12-13-6-1-2-8-17-13)20-14-7-5-9-18-15(14)21-10-3-4-11-21/h1-2,5-9H,3-4,10-12H2,(H2,19,20,22). The topological polar surface area (TPSA) is 70.1 Å². The van der Waals surface area contributed by atoms with Crippen LogP contribution in [0, 0.1) is 0 Å². The summed E-state index contributed by atoms with van der Waals surface area (Å²) in [7, 11) is 0. The van der Waals surface area contributed by atoms with Crippen LogP contribution < -0.4 is 15.5 Å². The molecule has 1 saturated heterocycles. The number of hydrogen-bond acceptors (Lipinski definition) is 4. The Kier molecular flexibility index (Phi) is 4.48. The van der Waals surface area contributed by atoms with Gasteiger partial charge in [0.05, 0.1) is 17.9 Å². The van der Waals surface area contributed by atoms with Gasteiger partial charge in [-0.1, -0.05) is 6.07 Å². The summed E-state index contributed by atoms with van der Waals surface area (Å²) >= 11 is 0. The zero-order chi connectivity index (χ0) is 15.2. The summed E-state index contributed by atoms with van der Waals surface area (Å²) in [5, 5.41) is 5.68. The maximum absolute atomic E-state index is 12.1. The summed E-state index contributed by atoms with van der Waals surface area (Å²) in [6, 6.07) is 9.07. The smallest absolute Gasteiger partial charge is 0.319 e. The first-order valence-electron chi connectivity index (χ1n) is 7.47. The normalized spacial score (nSPS) is 13.9. The van der Waals surface area contributed by atoms with Gasteiger partial charge in [0, 0.05) is 25.5 Å². The van der Waals surface area contributed by atoms with Crippen molar-refractivity contribution in [2.75, 3.05) is 23.3 Å². The number of rotatable bonds is 4. The predicted octanol–water partition coefficient (Wildman–Crippen LogP) is 2.40. The van der Waals surface area contributed by atoms with Crippen LogP contribution >= 0.6 is 0 Å². The van der Waals surface area contributed by atoms with Crippen molar-refractivity contribution in [1.29, 1.82) is 0 Å². The maximum atomic E-state index is 12.1. The van der Waals surface area contributed by atoms with Crippen molar-refractivity contribution in [2.24, 2.45) is 0 Å². The van der Waals surface area contributed by atoms with Crippen LogP contribution in [0.4, 0.5) is 16.3 Å². The largest absolute Gasteiger partial charge is 0.355 e. The molecule has 114 valence electrons. The molecule has 0 aliphatic carbocycles. The number of pyridine rings is 2. The molecule has 0 atom stereocenters. The average molecular weight is 297 g/mol. The minimum Gasteiger partial charge on any atom is -0.355 e. The molecule has 6 nitrogen and oxygen atoms in total. The average Bonchev–Trinajstić information content (AvgIpc) is 3.09. The van der Waals surface area contributed by atoms with Crippen LogP contribution in [0.2, 0.25) is 0 Å². The zero-order valence-electron chi connectivity index (χ0n) is 12.3. The van der Waals surface area contributed by atoms with E-state index in [1.165, 1.54) is 12.8 Å². The van der Waals surface area contributed by atoms with E-state index in [0.717, 1.165) is 30.3 Å².